The van der Waals surface area contributed by atoms with Gasteiger partial charge in [-0.15, -0.1) is 0 Å². The van der Waals surface area contributed by atoms with Crippen LogP contribution < -0.4 is 5.32 Å². The highest BCUT2D eigenvalue weighted by Gasteiger charge is 2.21. The van der Waals surface area contributed by atoms with E-state index < -0.39 is 10.7 Å². The predicted molar refractivity (Wildman–Crippen MR) is 74.3 cm³/mol. The fourth-order valence-corrected chi connectivity index (χ4v) is 2.66. The maximum absolute atomic E-state index is 13.4. The lowest BCUT2D eigenvalue weighted by Gasteiger charge is -2.13. The number of non-ortho nitro benzene ring substituents is 1. The Hall–Kier alpha value is -2.43. The topological polar surface area (TPSA) is 55.2 Å². The van der Waals surface area contributed by atoms with Gasteiger partial charge in [0.15, 0.2) is 0 Å². The van der Waals surface area contributed by atoms with Crippen LogP contribution in [0.15, 0.2) is 42.5 Å². The van der Waals surface area contributed by atoms with Crippen LogP contribution in [-0.4, -0.2) is 11.0 Å². The average Bonchev–Trinajstić information content (AvgIpc) is 2.79. The molecule has 0 radical (unpaired) electrons. The number of hydrogen-bond acceptors (Lipinski definition) is 3. The molecule has 4 nitrogen and oxygen atoms in total. The van der Waals surface area contributed by atoms with E-state index in [1.165, 1.54) is 23.3 Å². The molecule has 2 aromatic rings. The van der Waals surface area contributed by atoms with Gasteiger partial charge in [-0.1, -0.05) is 24.3 Å². The standard InChI is InChI=1S/C15H13FN2O2/c16-12-7-14(9-15(8-12)18(19)20)17-13-5-10-3-1-2-4-11(10)6-13/h1-4,7-9,13,17H,5-6H2. The van der Waals surface area contributed by atoms with Gasteiger partial charge in [0.05, 0.1) is 11.0 Å². The Morgan fingerprint density at radius 3 is 2.40 bits per heavy atom. The van der Waals surface area contributed by atoms with E-state index in [1.54, 1.807) is 0 Å². The van der Waals surface area contributed by atoms with Crippen LogP contribution in [0.2, 0.25) is 0 Å². The van der Waals surface area contributed by atoms with Crippen LogP contribution in [0.1, 0.15) is 11.1 Å². The Morgan fingerprint density at radius 1 is 1.15 bits per heavy atom. The van der Waals surface area contributed by atoms with Gasteiger partial charge >= 0.3 is 0 Å². The largest absolute Gasteiger partial charge is 0.381 e. The van der Waals surface area contributed by atoms with E-state index in [1.807, 2.05) is 12.1 Å². The zero-order valence-electron chi connectivity index (χ0n) is 10.7. The molecule has 0 aliphatic heterocycles. The molecule has 1 aliphatic rings. The van der Waals surface area contributed by atoms with Gasteiger partial charge in [0.25, 0.3) is 5.69 Å². The van der Waals surface area contributed by atoms with Crippen molar-refractivity contribution in [2.24, 2.45) is 0 Å². The third-order valence-corrected chi connectivity index (χ3v) is 3.52. The van der Waals surface area contributed by atoms with Gasteiger partial charge in [-0.05, 0) is 30.0 Å². The van der Waals surface area contributed by atoms with Crippen molar-refractivity contribution in [1.29, 1.82) is 0 Å². The zero-order valence-corrected chi connectivity index (χ0v) is 10.7. The molecule has 0 saturated heterocycles. The molecule has 102 valence electrons. The maximum Gasteiger partial charge on any atom is 0.274 e. The van der Waals surface area contributed by atoms with E-state index in [0.29, 0.717) is 5.69 Å². The monoisotopic (exact) mass is 272 g/mol. The number of benzene rings is 2. The third kappa shape index (κ3) is 2.47. The van der Waals surface area contributed by atoms with E-state index in [9.17, 15) is 14.5 Å². The quantitative estimate of drug-likeness (QED) is 0.689. The SMILES string of the molecule is O=[N+]([O-])c1cc(F)cc(NC2Cc3ccccc3C2)c1. The van der Waals surface area contributed by atoms with Crippen molar-refractivity contribution in [2.75, 3.05) is 5.32 Å². The summed E-state index contributed by atoms with van der Waals surface area (Å²) in [6.45, 7) is 0. The van der Waals surface area contributed by atoms with Crippen LogP contribution >= 0.6 is 0 Å². The van der Waals surface area contributed by atoms with Crippen LogP contribution in [0, 0.1) is 15.9 Å². The third-order valence-electron chi connectivity index (χ3n) is 3.52. The first-order valence-electron chi connectivity index (χ1n) is 6.40. The molecule has 0 atom stereocenters. The highest BCUT2D eigenvalue weighted by atomic mass is 19.1. The smallest absolute Gasteiger partial charge is 0.274 e. The van der Waals surface area contributed by atoms with Crippen molar-refractivity contribution in [2.45, 2.75) is 18.9 Å². The average molecular weight is 272 g/mol. The lowest BCUT2D eigenvalue weighted by atomic mass is 10.1. The summed E-state index contributed by atoms with van der Waals surface area (Å²) in [7, 11) is 0. The number of rotatable bonds is 3. The van der Waals surface area contributed by atoms with Crippen molar-refractivity contribution >= 4 is 11.4 Å². The maximum atomic E-state index is 13.4. The second-order valence-corrected chi connectivity index (χ2v) is 4.97. The summed E-state index contributed by atoms with van der Waals surface area (Å²) < 4.78 is 13.4. The number of hydrogen-bond donors (Lipinski definition) is 1. The fourth-order valence-electron chi connectivity index (χ4n) is 2.66. The van der Waals surface area contributed by atoms with Crippen LogP contribution in [-0.2, 0) is 12.8 Å². The van der Waals surface area contributed by atoms with Crippen molar-refractivity contribution < 1.29 is 9.31 Å². The van der Waals surface area contributed by atoms with Crippen LogP contribution in [0.5, 0.6) is 0 Å². The molecule has 0 aromatic heterocycles. The molecule has 1 aliphatic carbocycles. The van der Waals surface area contributed by atoms with Crippen LogP contribution in [0.25, 0.3) is 0 Å². The highest BCUT2D eigenvalue weighted by molar-refractivity contribution is 5.53. The molecule has 0 fully saturated rings. The number of fused-ring (bicyclic) bond motifs is 1. The van der Waals surface area contributed by atoms with Crippen molar-refractivity contribution in [1.82, 2.24) is 0 Å². The summed E-state index contributed by atoms with van der Waals surface area (Å²) in [4.78, 5) is 10.1. The summed E-state index contributed by atoms with van der Waals surface area (Å²) >= 11 is 0. The second kappa shape index (κ2) is 4.92. The first kappa shape index (κ1) is 12.6. The van der Waals surface area contributed by atoms with Crippen molar-refractivity contribution in [3.05, 3.63) is 69.5 Å². The molecule has 0 spiro atoms. The van der Waals surface area contributed by atoms with Crippen LogP contribution in [0.3, 0.4) is 0 Å². The number of nitrogens with one attached hydrogen (secondary N) is 1. The predicted octanol–water partition coefficient (Wildman–Crippen LogP) is 3.31. The summed E-state index contributed by atoms with van der Waals surface area (Å²) in [5.41, 5.74) is 2.77. The number of halogens is 1. The molecule has 3 rings (SSSR count). The molecule has 1 N–H and O–H groups in total. The first-order valence-corrected chi connectivity index (χ1v) is 6.40. The van der Waals surface area contributed by atoms with Crippen LogP contribution in [0.4, 0.5) is 15.8 Å². The van der Waals surface area contributed by atoms with E-state index in [-0.39, 0.29) is 11.7 Å². The Labute approximate surface area is 115 Å². The summed E-state index contributed by atoms with van der Waals surface area (Å²) in [5, 5.41) is 13.9. The Bertz CT molecular complexity index is 648. The minimum Gasteiger partial charge on any atom is -0.381 e. The molecule has 0 bridgehead atoms. The van der Waals surface area contributed by atoms with E-state index in [4.69, 9.17) is 0 Å². The zero-order chi connectivity index (χ0) is 14.1. The van der Waals surface area contributed by atoms with Crippen molar-refractivity contribution in [3.63, 3.8) is 0 Å². The lowest BCUT2D eigenvalue weighted by molar-refractivity contribution is -0.385. The second-order valence-electron chi connectivity index (χ2n) is 4.97. The van der Waals surface area contributed by atoms with Gasteiger partial charge in [-0.25, -0.2) is 4.39 Å². The molecular formula is C15H13FN2O2. The number of nitro groups is 1. The van der Waals surface area contributed by atoms with Gasteiger partial charge in [0.1, 0.15) is 5.82 Å². The molecule has 0 heterocycles. The Morgan fingerprint density at radius 2 is 1.80 bits per heavy atom. The Kier molecular flexibility index (Phi) is 3.10. The van der Waals surface area contributed by atoms with Crippen molar-refractivity contribution in [3.8, 4) is 0 Å². The fraction of sp³-hybridized carbons (Fsp3) is 0.200. The lowest BCUT2D eigenvalue weighted by Crippen LogP contribution is -2.19. The highest BCUT2D eigenvalue weighted by Crippen LogP contribution is 2.26. The minimum atomic E-state index is -0.600. The number of nitro benzene ring substituents is 1. The summed E-state index contributed by atoms with van der Waals surface area (Å²) in [6.07, 6.45) is 1.70. The summed E-state index contributed by atoms with van der Waals surface area (Å²) in [6, 6.07) is 11.9. The Balaban J connectivity index is 1.78. The van der Waals surface area contributed by atoms with Gasteiger partial charge in [-0.2, -0.15) is 0 Å². The first-order chi connectivity index (χ1) is 9.61. The van der Waals surface area contributed by atoms with Gasteiger partial charge in [0, 0.05) is 17.8 Å². The molecular weight excluding hydrogens is 259 g/mol. The van der Waals surface area contributed by atoms with Gasteiger partial charge in [0.2, 0.25) is 0 Å². The summed E-state index contributed by atoms with van der Waals surface area (Å²) in [5.74, 6) is -0.600. The molecule has 20 heavy (non-hydrogen) atoms. The van der Waals surface area contributed by atoms with Gasteiger partial charge in [-0.3, -0.25) is 10.1 Å². The minimum absolute atomic E-state index is 0.147. The molecule has 0 unspecified atom stereocenters. The van der Waals surface area contributed by atoms with E-state index in [2.05, 4.69) is 17.4 Å². The number of anilines is 1. The van der Waals surface area contributed by atoms with Gasteiger partial charge < -0.3 is 5.32 Å². The number of nitrogens with zero attached hydrogens (tertiary/aromatic N) is 1. The van der Waals surface area contributed by atoms with E-state index in [0.717, 1.165) is 18.9 Å². The van der Waals surface area contributed by atoms with E-state index >= 15 is 0 Å². The molecule has 0 saturated carbocycles. The molecule has 0 amide bonds. The molecule has 2 aromatic carbocycles. The molecule has 5 heteroatoms. The normalized spacial score (nSPS) is 14.1.